The number of rotatable bonds is 5. The predicted octanol–water partition coefficient (Wildman–Crippen LogP) is 4.45. The molecule has 1 aromatic heterocycles. The van der Waals surface area contributed by atoms with Crippen molar-refractivity contribution >= 4 is 34.3 Å². The van der Waals surface area contributed by atoms with Crippen LogP contribution in [0.25, 0.3) is 10.9 Å². The fraction of sp³-hybridized carbons (Fsp3) is 0.200. The van der Waals surface area contributed by atoms with Gasteiger partial charge < -0.3 is 15.2 Å². The fourth-order valence-corrected chi connectivity index (χ4v) is 3.64. The topological polar surface area (TPSA) is 71.5 Å². The Balaban J connectivity index is 1.57. The van der Waals surface area contributed by atoms with Gasteiger partial charge in [-0.3, -0.25) is 9.78 Å². The Morgan fingerprint density at radius 2 is 2.00 bits per heavy atom. The van der Waals surface area contributed by atoms with Gasteiger partial charge in [-0.25, -0.2) is 0 Å². The number of methoxy groups -OCH3 is 1. The molecule has 1 aliphatic rings. The second-order valence-corrected chi connectivity index (χ2v) is 7.36. The summed E-state index contributed by atoms with van der Waals surface area (Å²) in [5.74, 6) is 0.798. The molecule has 0 atom stereocenters. The summed E-state index contributed by atoms with van der Waals surface area (Å²) in [7, 11) is 1.53. The molecule has 6 heteroatoms. The maximum atomic E-state index is 11.8. The standard InChI is InChI=1S/C20H18N2O3S/c1-25-18-10-15-16(11-17(18)23)21-9-8-19(15)26-14-6-4-13(5-7-14)22-20(24)12-2-3-12/h4-12,23H,2-3H2,1H3,(H,22,24). The predicted molar refractivity (Wildman–Crippen MR) is 102 cm³/mol. The van der Waals surface area contributed by atoms with Crippen molar-refractivity contribution < 1.29 is 14.6 Å². The van der Waals surface area contributed by atoms with Gasteiger partial charge >= 0.3 is 0 Å². The van der Waals surface area contributed by atoms with Gasteiger partial charge in [-0.05, 0) is 49.2 Å². The van der Waals surface area contributed by atoms with Crippen LogP contribution < -0.4 is 10.1 Å². The molecule has 4 rings (SSSR count). The van der Waals surface area contributed by atoms with Crippen molar-refractivity contribution in [3.63, 3.8) is 0 Å². The molecule has 1 aliphatic carbocycles. The molecule has 2 aromatic carbocycles. The Hall–Kier alpha value is -2.73. The van der Waals surface area contributed by atoms with Crippen molar-refractivity contribution in [3.8, 4) is 11.5 Å². The lowest BCUT2D eigenvalue weighted by molar-refractivity contribution is -0.117. The highest BCUT2D eigenvalue weighted by Crippen LogP contribution is 2.38. The number of phenols is 1. The van der Waals surface area contributed by atoms with E-state index in [1.807, 2.05) is 30.3 Å². The summed E-state index contributed by atoms with van der Waals surface area (Å²) < 4.78 is 5.21. The molecule has 5 nitrogen and oxygen atoms in total. The van der Waals surface area contributed by atoms with Crippen molar-refractivity contribution in [1.29, 1.82) is 0 Å². The van der Waals surface area contributed by atoms with Crippen LogP contribution in [0.4, 0.5) is 5.69 Å². The molecule has 132 valence electrons. The van der Waals surface area contributed by atoms with Gasteiger partial charge in [-0.1, -0.05) is 11.8 Å². The Morgan fingerprint density at radius 1 is 1.23 bits per heavy atom. The molecule has 0 unspecified atom stereocenters. The molecule has 0 spiro atoms. The maximum Gasteiger partial charge on any atom is 0.227 e. The number of aromatic hydroxyl groups is 1. The number of aromatic nitrogens is 1. The number of nitrogens with zero attached hydrogens (tertiary/aromatic N) is 1. The van der Waals surface area contributed by atoms with E-state index in [-0.39, 0.29) is 17.6 Å². The average molecular weight is 366 g/mol. The van der Waals surface area contributed by atoms with E-state index >= 15 is 0 Å². The maximum absolute atomic E-state index is 11.8. The van der Waals surface area contributed by atoms with Crippen LogP contribution in [0.5, 0.6) is 11.5 Å². The van der Waals surface area contributed by atoms with Crippen LogP contribution >= 0.6 is 11.8 Å². The number of hydrogen-bond donors (Lipinski definition) is 2. The zero-order chi connectivity index (χ0) is 18.1. The molecule has 0 aliphatic heterocycles. The smallest absolute Gasteiger partial charge is 0.227 e. The molecule has 1 heterocycles. The van der Waals surface area contributed by atoms with Gasteiger partial charge in [-0.2, -0.15) is 0 Å². The summed E-state index contributed by atoms with van der Waals surface area (Å²) in [4.78, 5) is 18.2. The lowest BCUT2D eigenvalue weighted by atomic mass is 10.2. The molecule has 3 aromatic rings. The quantitative estimate of drug-likeness (QED) is 0.698. The first-order valence-corrected chi connectivity index (χ1v) is 9.20. The van der Waals surface area contributed by atoms with Crippen LogP contribution in [0.1, 0.15) is 12.8 Å². The van der Waals surface area contributed by atoms with Crippen LogP contribution in [-0.4, -0.2) is 23.1 Å². The van der Waals surface area contributed by atoms with Crippen molar-refractivity contribution in [3.05, 3.63) is 48.7 Å². The summed E-state index contributed by atoms with van der Waals surface area (Å²) in [5.41, 5.74) is 1.53. The average Bonchev–Trinajstić information content (AvgIpc) is 3.48. The van der Waals surface area contributed by atoms with Crippen molar-refractivity contribution in [2.24, 2.45) is 5.92 Å². The summed E-state index contributed by atoms with van der Waals surface area (Å²) >= 11 is 1.60. The zero-order valence-corrected chi connectivity index (χ0v) is 15.0. The third kappa shape index (κ3) is 3.46. The SMILES string of the molecule is COc1cc2c(Sc3ccc(NC(=O)C4CC4)cc3)ccnc2cc1O. The highest BCUT2D eigenvalue weighted by Gasteiger charge is 2.29. The summed E-state index contributed by atoms with van der Waals surface area (Å²) in [6.45, 7) is 0. The van der Waals surface area contributed by atoms with E-state index in [0.29, 0.717) is 11.3 Å². The van der Waals surface area contributed by atoms with E-state index in [0.717, 1.165) is 33.7 Å². The fourth-order valence-electron chi connectivity index (χ4n) is 2.71. The number of anilines is 1. The zero-order valence-electron chi connectivity index (χ0n) is 14.2. The minimum absolute atomic E-state index is 0.0745. The number of hydrogen-bond acceptors (Lipinski definition) is 5. The van der Waals surface area contributed by atoms with E-state index in [1.165, 1.54) is 7.11 Å². The van der Waals surface area contributed by atoms with Crippen LogP contribution in [-0.2, 0) is 4.79 Å². The number of benzene rings is 2. The second kappa shape index (κ2) is 6.88. The third-order valence-corrected chi connectivity index (χ3v) is 5.38. The largest absolute Gasteiger partial charge is 0.504 e. The molecule has 0 bridgehead atoms. The van der Waals surface area contributed by atoms with Gasteiger partial charge in [0.15, 0.2) is 11.5 Å². The monoisotopic (exact) mass is 366 g/mol. The van der Waals surface area contributed by atoms with E-state index in [4.69, 9.17) is 4.74 Å². The van der Waals surface area contributed by atoms with Gasteiger partial charge in [0.1, 0.15) is 0 Å². The van der Waals surface area contributed by atoms with E-state index < -0.39 is 0 Å². The van der Waals surface area contributed by atoms with Gasteiger partial charge in [0.2, 0.25) is 5.91 Å². The lowest BCUT2D eigenvalue weighted by Gasteiger charge is -2.10. The lowest BCUT2D eigenvalue weighted by Crippen LogP contribution is -2.12. The van der Waals surface area contributed by atoms with Crippen LogP contribution in [0.3, 0.4) is 0 Å². The number of phenolic OH excluding ortho intramolecular Hbond substituents is 1. The number of carbonyl (C=O) groups excluding carboxylic acids is 1. The number of nitrogens with one attached hydrogen (secondary N) is 1. The number of amides is 1. The Labute approximate surface area is 155 Å². The highest BCUT2D eigenvalue weighted by molar-refractivity contribution is 7.99. The molecule has 1 fully saturated rings. The van der Waals surface area contributed by atoms with Crippen molar-refractivity contribution in [2.75, 3.05) is 12.4 Å². The molecule has 1 amide bonds. The van der Waals surface area contributed by atoms with E-state index in [1.54, 1.807) is 30.1 Å². The molecular weight excluding hydrogens is 348 g/mol. The number of ether oxygens (including phenoxy) is 1. The summed E-state index contributed by atoms with van der Waals surface area (Å²) in [6, 6.07) is 13.1. The first-order valence-electron chi connectivity index (χ1n) is 8.38. The number of fused-ring (bicyclic) bond motifs is 1. The number of carbonyl (C=O) groups is 1. The van der Waals surface area contributed by atoms with Crippen LogP contribution in [0.2, 0.25) is 0 Å². The van der Waals surface area contributed by atoms with Gasteiger partial charge in [0.25, 0.3) is 0 Å². The van der Waals surface area contributed by atoms with E-state index in [2.05, 4.69) is 10.3 Å². The van der Waals surface area contributed by atoms with Gasteiger partial charge in [0.05, 0.1) is 12.6 Å². The minimum Gasteiger partial charge on any atom is -0.504 e. The molecule has 1 saturated carbocycles. The van der Waals surface area contributed by atoms with Gasteiger partial charge in [-0.15, -0.1) is 0 Å². The molecule has 0 saturated heterocycles. The Morgan fingerprint density at radius 3 is 2.69 bits per heavy atom. The van der Waals surface area contributed by atoms with Crippen molar-refractivity contribution in [1.82, 2.24) is 4.98 Å². The Kier molecular flexibility index (Phi) is 4.42. The summed E-state index contributed by atoms with van der Waals surface area (Å²) in [5, 5.41) is 13.8. The Bertz CT molecular complexity index is 969. The van der Waals surface area contributed by atoms with Crippen LogP contribution in [0, 0.1) is 5.92 Å². The minimum atomic E-state index is 0.0745. The molecular formula is C20H18N2O3S. The van der Waals surface area contributed by atoms with Crippen molar-refractivity contribution in [2.45, 2.75) is 22.6 Å². The second-order valence-electron chi connectivity index (χ2n) is 6.24. The first kappa shape index (κ1) is 16.7. The van der Waals surface area contributed by atoms with Gasteiger partial charge in [0, 0.05) is 39.0 Å². The normalized spacial score (nSPS) is 13.6. The molecule has 26 heavy (non-hydrogen) atoms. The summed E-state index contributed by atoms with van der Waals surface area (Å²) in [6.07, 6.45) is 3.71. The number of pyridine rings is 1. The molecule has 2 N–H and O–H groups in total. The van der Waals surface area contributed by atoms with Crippen LogP contribution in [0.15, 0.2) is 58.5 Å². The third-order valence-electron chi connectivity index (χ3n) is 4.30. The highest BCUT2D eigenvalue weighted by atomic mass is 32.2. The molecule has 0 radical (unpaired) electrons. The van der Waals surface area contributed by atoms with E-state index in [9.17, 15) is 9.90 Å². The first-order chi connectivity index (χ1) is 12.6.